The van der Waals surface area contributed by atoms with Crippen molar-refractivity contribution in [1.29, 1.82) is 0 Å². The van der Waals surface area contributed by atoms with Gasteiger partial charge in [-0.3, -0.25) is 0 Å². The molecule has 0 bridgehead atoms. The molecule has 114 valence electrons. The van der Waals surface area contributed by atoms with E-state index in [-0.39, 0.29) is 24.1 Å². The number of carbonyl (C=O) groups excluding carboxylic acids is 1. The van der Waals surface area contributed by atoms with E-state index in [0.717, 1.165) is 39.0 Å². The molecule has 2 saturated heterocycles. The first-order chi connectivity index (χ1) is 9.54. The zero-order chi connectivity index (χ0) is 14.3. The Bertz CT molecular complexity index is 377. The van der Waals surface area contributed by atoms with E-state index in [1.54, 1.807) is 0 Å². The van der Waals surface area contributed by atoms with Gasteiger partial charge in [-0.15, -0.1) is 0 Å². The average Bonchev–Trinajstić information content (AvgIpc) is 2.91. The second-order valence-electron chi connectivity index (χ2n) is 7.11. The minimum absolute atomic E-state index is 0.0419. The van der Waals surface area contributed by atoms with Gasteiger partial charge >= 0.3 is 6.03 Å². The van der Waals surface area contributed by atoms with Crippen LogP contribution in [0.2, 0.25) is 0 Å². The van der Waals surface area contributed by atoms with Crippen LogP contribution in [0.5, 0.6) is 0 Å². The first kappa shape index (κ1) is 14.1. The van der Waals surface area contributed by atoms with Crippen LogP contribution >= 0.6 is 0 Å². The predicted octanol–water partition coefficient (Wildman–Crippen LogP) is 1.21. The first-order valence-electron chi connectivity index (χ1n) is 7.82. The van der Waals surface area contributed by atoms with Crippen molar-refractivity contribution in [3.05, 3.63) is 0 Å². The van der Waals surface area contributed by atoms with Crippen molar-refractivity contribution >= 4 is 6.03 Å². The summed E-state index contributed by atoms with van der Waals surface area (Å²) < 4.78 is 5.76. The number of aliphatic hydroxyl groups is 1. The van der Waals surface area contributed by atoms with Crippen LogP contribution in [0.3, 0.4) is 0 Å². The minimum atomic E-state index is 0.0419. The molecule has 5 heteroatoms. The Balaban J connectivity index is 1.54. The number of nitrogens with zero attached hydrogens (tertiary/aromatic N) is 1. The van der Waals surface area contributed by atoms with E-state index in [1.165, 1.54) is 0 Å². The quantitative estimate of drug-likeness (QED) is 0.800. The molecule has 2 N–H and O–H groups in total. The van der Waals surface area contributed by atoms with Crippen LogP contribution in [0, 0.1) is 17.3 Å². The molecule has 3 fully saturated rings. The summed E-state index contributed by atoms with van der Waals surface area (Å²) in [7, 11) is 0. The number of nitrogens with one attached hydrogen (secondary N) is 1. The van der Waals surface area contributed by atoms with Crippen LogP contribution < -0.4 is 5.32 Å². The molecule has 0 spiro atoms. The number of aliphatic hydroxyl groups excluding tert-OH is 1. The van der Waals surface area contributed by atoms with Crippen LogP contribution in [-0.4, -0.2) is 54.5 Å². The van der Waals surface area contributed by atoms with Crippen molar-refractivity contribution in [2.75, 3.05) is 26.3 Å². The van der Waals surface area contributed by atoms with Gasteiger partial charge in [0.15, 0.2) is 0 Å². The summed E-state index contributed by atoms with van der Waals surface area (Å²) in [5.41, 5.74) is 0.0419. The van der Waals surface area contributed by atoms with Gasteiger partial charge in [-0.1, -0.05) is 13.8 Å². The van der Waals surface area contributed by atoms with E-state index in [1.807, 2.05) is 4.90 Å². The highest BCUT2D eigenvalue weighted by atomic mass is 16.5. The van der Waals surface area contributed by atoms with E-state index in [2.05, 4.69) is 19.2 Å². The summed E-state index contributed by atoms with van der Waals surface area (Å²) in [4.78, 5) is 14.3. The number of hydrogen-bond donors (Lipinski definition) is 2. The fraction of sp³-hybridized carbons (Fsp3) is 0.933. The Kier molecular flexibility index (Phi) is 3.67. The molecular weight excluding hydrogens is 256 g/mol. The van der Waals surface area contributed by atoms with Crippen LogP contribution in [0.1, 0.15) is 33.1 Å². The standard InChI is InChI=1S/C15H26N2O3/c1-15(2)12(11-5-8-20-13(11)15)16-14(19)17-6-3-10(9-18)4-7-17/h10-13,18H,3-9H2,1-2H3,(H,16,19). The summed E-state index contributed by atoms with van der Waals surface area (Å²) in [6.07, 6.45) is 3.19. The van der Waals surface area contributed by atoms with Gasteiger partial charge in [0, 0.05) is 43.7 Å². The van der Waals surface area contributed by atoms with E-state index in [0.29, 0.717) is 17.9 Å². The lowest BCUT2D eigenvalue weighted by molar-refractivity contribution is -0.109. The zero-order valence-corrected chi connectivity index (χ0v) is 12.5. The van der Waals surface area contributed by atoms with Gasteiger partial charge in [-0.25, -0.2) is 4.79 Å². The Morgan fingerprint density at radius 1 is 1.35 bits per heavy atom. The Labute approximate surface area is 120 Å². The van der Waals surface area contributed by atoms with Gasteiger partial charge in [0.1, 0.15) is 0 Å². The Morgan fingerprint density at radius 2 is 2.05 bits per heavy atom. The summed E-state index contributed by atoms with van der Waals surface area (Å²) in [6.45, 7) is 6.95. The summed E-state index contributed by atoms with van der Waals surface area (Å²) >= 11 is 0. The molecule has 0 aromatic rings. The molecule has 0 aromatic carbocycles. The van der Waals surface area contributed by atoms with Crippen molar-refractivity contribution in [3.8, 4) is 0 Å². The number of carbonyl (C=O) groups is 1. The fourth-order valence-electron chi connectivity index (χ4n) is 4.16. The predicted molar refractivity (Wildman–Crippen MR) is 75.3 cm³/mol. The summed E-state index contributed by atoms with van der Waals surface area (Å²) in [5.74, 6) is 0.857. The van der Waals surface area contributed by atoms with Crippen LogP contribution in [0.4, 0.5) is 4.79 Å². The monoisotopic (exact) mass is 282 g/mol. The third kappa shape index (κ3) is 2.21. The Hall–Kier alpha value is -0.810. The molecular formula is C15H26N2O3. The van der Waals surface area contributed by atoms with E-state index >= 15 is 0 Å². The summed E-state index contributed by atoms with van der Waals surface area (Å²) in [5, 5.41) is 12.4. The van der Waals surface area contributed by atoms with E-state index in [9.17, 15) is 4.79 Å². The summed E-state index contributed by atoms with van der Waals surface area (Å²) in [6, 6.07) is 0.294. The zero-order valence-electron chi connectivity index (χ0n) is 12.5. The van der Waals surface area contributed by atoms with Crippen LogP contribution in [-0.2, 0) is 4.74 Å². The maximum atomic E-state index is 12.4. The van der Waals surface area contributed by atoms with Crippen molar-refractivity contribution in [2.45, 2.75) is 45.3 Å². The van der Waals surface area contributed by atoms with Gasteiger partial charge in [0.05, 0.1) is 6.10 Å². The first-order valence-corrected chi connectivity index (χ1v) is 7.82. The fourth-order valence-corrected chi connectivity index (χ4v) is 4.16. The number of ether oxygens (including phenoxy) is 1. The highest BCUT2D eigenvalue weighted by Crippen LogP contribution is 2.52. The molecule has 20 heavy (non-hydrogen) atoms. The maximum Gasteiger partial charge on any atom is 0.317 e. The number of amides is 2. The lowest BCUT2D eigenvalue weighted by Crippen LogP contribution is -2.68. The molecule has 0 radical (unpaired) electrons. The molecule has 2 heterocycles. The largest absolute Gasteiger partial charge is 0.396 e. The average molecular weight is 282 g/mol. The van der Waals surface area contributed by atoms with Crippen molar-refractivity contribution < 1.29 is 14.6 Å². The molecule has 2 aliphatic heterocycles. The lowest BCUT2D eigenvalue weighted by Gasteiger charge is -2.54. The van der Waals surface area contributed by atoms with Gasteiger partial charge in [-0.2, -0.15) is 0 Å². The van der Waals surface area contributed by atoms with E-state index in [4.69, 9.17) is 9.84 Å². The van der Waals surface area contributed by atoms with Crippen molar-refractivity contribution in [1.82, 2.24) is 10.2 Å². The number of likely N-dealkylation sites (tertiary alicyclic amines) is 1. The van der Waals surface area contributed by atoms with E-state index < -0.39 is 0 Å². The van der Waals surface area contributed by atoms with Gasteiger partial charge in [0.25, 0.3) is 0 Å². The smallest absolute Gasteiger partial charge is 0.317 e. The van der Waals surface area contributed by atoms with Gasteiger partial charge < -0.3 is 20.1 Å². The highest BCUT2D eigenvalue weighted by molar-refractivity contribution is 5.75. The Morgan fingerprint density at radius 3 is 2.70 bits per heavy atom. The molecule has 3 atom stereocenters. The number of piperidine rings is 1. The molecule has 1 saturated carbocycles. The number of hydrogen-bond acceptors (Lipinski definition) is 3. The van der Waals surface area contributed by atoms with Gasteiger partial charge in [0.2, 0.25) is 0 Å². The molecule has 1 aliphatic carbocycles. The number of rotatable bonds is 2. The lowest BCUT2D eigenvalue weighted by atomic mass is 9.57. The molecule has 0 aromatic heterocycles. The molecule has 3 rings (SSSR count). The normalized spacial score (nSPS) is 36.4. The third-order valence-electron chi connectivity index (χ3n) is 5.54. The molecule has 5 nitrogen and oxygen atoms in total. The second-order valence-corrected chi connectivity index (χ2v) is 7.11. The second kappa shape index (κ2) is 5.19. The number of urea groups is 1. The van der Waals surface area contributed by atoms with Crippen molar-refractivity contribution in [2.24, 2.45) is 17.3 Å². The molecule has 2 amide bonds. The van der Waals surface area contributed by atoms with Crippen LogP contribution in [0.25, 0.3) is 0 Å². The topological polar surface area (TPSA) is 61.8 Å². The van der Waals surface area contributed by atoms with Crippen molar-refractivity contribution in [3.63, 3.8) is 0 Å². The maximum absolute atomic E-state index is 12.4. The highest BCUT2D eigenvalue weighted by Gasteiger charge is 2.60. The SMILES string of the molecule is CC1(C)C(NC(=O)N2CCC(CO)CC2)C2CCOC21. The van der Waals surface area contributed by atoms with Crippen LogP contribution in [0.15, 0.2) is 0 Å². The molecule has 3 aliphatic rings. The molecule has 3 unspecified atom stereocenters. The number of fused-ring (bicyclic) bond motifs is 1. The minimum Gasteiger partial charge on any atom is -0.396 e. The van der Waals surface area contributed by atoms with Gasteiger partial charge in [-0.05, 0) is 25.2 Å². The third-order valence-corrected chi connectivity index (χ3v) is 5.54.